The lowest BCUT2D eigenvalue weighted by atomic mass is 9.80. The van der Waals surface area contributed by atoms with E-state index in [-0.39, 0.29) is 33.8 Å². The topological polar surface area (TPSA) is 287 Å². The molecule has 3 fully saturated rings. The standard InChI is InChI=1S/C14H24N2O7.5H2O/c1-5-4-6(17)14(20)13(21-5)22-12-10(19)7(15-2)9(18)8(16-3)11(12)23-14;;;;;/h5,7-13,15-16,18-20H,4H2,1-3H3;5*1H2/t5-,7-,8+,9-,10+,11-,12-,13+,14+;;;;;/m1...../s1. The number of ether oxygens (including phenoxy) is 3. The molecular weight excluding hydrogens is 388 g/mol. The van der Waals surface area contributed by atoms with Crippen LogP contribution in [0, 0.1) is 0 Å². The van der Waals surface area contributed by atoms with Crippen LogP contribution >= 0.6 is 0 Å². The Labute approximate surface area is 161 Å². The van der Waals surface area contributed by atoms with Crippen molar-refractivity contribution >= 4 is 5.78 Å². The molecule has 2 saturated heterocycles. The second kappa shape index (κ2) is 11.4. The number of carbonyl (C=O) groups is 1. The number of Topliss-reactive ketones (excluding diaryl/α,β-unsaturated/α-hetero) is 1. The number of carbonyl (C=O) groups excluding carboxylic acids is 1. The first kappa shape index (κ1) is 31.8. The second-order valence-electron chi connectivity index (χ2n) is 6.40. The molecule has 1 saturated carbocycles. The molecule has 14 heteroatoms. The van der Waals surface area contributed by atoms with Gasteiger partial charge in [-0.2, -0.15) is 0 Å². The van der Waals surface area contributed by atoms with Crippen molar-refractivity contribution in [2.75, 3.05) is 14.1 Å². The Morgan fingerprint density at radius 3 is 1.96 bits per heavy atom. The molecule has 0 aromatic carbocycles. The van der Waals surface area contributed by atoms with Crippen LogP contribution < -0.4 is 10.6 Å². The molecule has 0 unspecified atom stereocenters. The van der Waals surface area contributed by atoms with Gasteiger partial charge in [0.05, 0.1) is 24.3 Å². The summed E-state index contributed by atoms with van der Waals surface area (Å²) in [5.74, 6) is -2.76. The molecule has 172 valence electrons. The van der Waals surface area contributed by atoms with Crippen LogP contribution in [0.15, 0.2) is 0 Å². The first-order chi connectivity index (χ1) is 10.8. The predicted molar refractivity (Wildman–Crippen MR) is 94.4 cm³/mol. The van der Waals surface area contributed by atoms with Crippen LogP contribution in [0.4, 0.5) is 0 Å². The molecule has 3 aliphatic rings. The van der Waals surface area contributed by atoms with Crippen LogP contribution in [0.5, 0.6) is 0 Å². The van der Waals surface area contributed by atoms with Gasteiger partial charge in [0.1, 0.15) is 18.3 Å². The fraction of sp³-hybridized carbons (Fsp3) is 0.929. The Kier molecular flexibility index (Phi) is 12.9. The number of fused-ring (bicyclic) bond motifs is 2. The molecule has 0 amide bonds. The zero-order chi connectivity index (χ0) is 16.9. The summed E-state index contributed by atoms with van der Waals surface area (Å²) in [4.78, 5) is 12.2. The first-order valence-electron chi connectivity index (χ1n) is 7.78. The van der Waals surface area contributed by atoms with E-state index in [2.05, 4.69) is 10.6 Å². The number of rotatable bonds is 2. The summed E-state index contributed by atoms with van der Waals surface area (Å²) in [6.45, 7) is 1.70. The molecule has 0 aromatic heterocycles. The van der Waals surface area contributed by atoms with Crippen molar-refractivity contribution in [1.29, 1.82) is 0 Å². The summed E-state index contributed by atoms with van der Waals surface area (Å²) in [5.41, 5.74) is 0. The molecule has 0 spiro atoms. The van der Waals surface area contributed by atoms with Crippen molar-refractivity contribution in [1.82, 2.24) is 10.6 Å². The van der Waals surface area contributed by atoms with E-state index in [1.165, 1.54) is 0 Å². The highest BCUT2D eigenvalue weighted by atomic mass is 16.8. The normalized spacial score (nSPS) is 44.0. The molecule has 1 aliphatic carbocycles. The minimum absolute atomic E-state index is 0. The minimum atomic E-state index is -2.23. The molecule has 14 nitrogen and oxygen atoms in total. The molecule has 9 atom stereocenters. The van der Waals surface area contributed by atoms with Gasteiger partial charge in [0.15, 0.2) is 5.78 Å². The van der Waals surface area contributed by atoms with Gasteiger partial charge in [0.25, 0.3) is 5.79 Å². The molecule has 2 aliphatic heterocycles. The maximum atomic E-state index is 12.2. The highest BCUT2D eigenvalue weighted by Gasteiger charge is 2.63. The number of nitrogens with one attached hydrogen (secondary N) is 2. The quantitative estimate of drug-likeness (QED) is 0.282. The van der Waals surface area contributed by atoms with E-state index in [0.717, 1.165) is 0 Å². The van der Waals surface area contributed by atoms with Crippen molar-refractivity contribution in [3.63, 3.8) is 0 Å². The average molecular weight is 422 g/mol. The number of hydrogen-bond acceptors (Lipinski definition) is 9. The zero-order valence-corrected chi connectivity index (χ0v) is 15.8. The van der Waals surface area contributed by atoms with Crippen LogP contribution in [-0.4, -0.2) is 117 Å². The Morgan fingerprint density at radius 1 is 0.929 bits per heavy atom. The van der Waals surface area contributed by atoms with Crippen LogP contribution in [0.3, 0.4) is 0 Å². The fourth-order valence-electron chi connectivity index (χ4n) is 3.68. The number of aliphatic hydroxyl groups is 3. The van der Waals surface area contributed by atoms with E-state index in [1.807, 2.05) is 0 Å². The highest BCUT2D eigenvalue weighted by molar-refractivity contribution is 5.87. The number of hydrogen-bond donors (Lipinski definition) is 5. The zero-order valence-electron chi connectivity index (χ0n) is 15.8. The van der Waals surface area contributed by atoms with E-state index in [0.29, 0.717) is 0 Å². The van der Waals surface area contributed by atoms with E-state index < -0.39 is 60.5 Å². The lowest BCUT2D eigenvalue weighted by Gasteiger charge is -2.55. The molecule has 0 radical (unpaired) electrons. The Hall–Kier alpha value is -0.850. The Morgan fingerprint density at radius 2 is 1.46 bits per heavy atom. The largest absolute Gasteiger partial charge is 0.412 e. The lowest BCUT2D eigenvalue weighted by Crippen LogP contribution is -2.77. The number of aliphatic hydroxyl groups excluding tert-OH is 2. The summed E-state index contributed by atoms with van der Waals surface area (Å²) < 4.78 is 16.8. The minimum Gasteiger partial charge on any atom is -0.412 e. The third-order valence-corrected chi connectivity index (χ3v) is 4.93. The van der Waals surface area contributed by atoms with Gasteiger partial charge >= 0.3 is 0 Å². The molecule has 0 bridgehead atoms. The maximum Gasteiger partial charge on any atom is 0.280 e. The Balaban J connectivity index is -0.00000125. The average Bonchev–Trinajstić information content (AvgIpc) is 2.49. The SMILES string of the molecule is CN[C@@H]1[C@@H](O)[C@H](NC)[C@H]2O[C@@]3(O)C(=O)C[C@@H](C)O[C@H]3O[C@@H]2[C@H]1O.O.O.O.O.O. The number of ketones is 1. The highest BCUT2D eigenvalue weighted by Crippen LogP contribution is 2.40. The molecule has 3 rings (SSSR count). The van der Waals surface area contributed by atoms with Gasteiger partial charge in [-0.25, -0.2) is 0 Å². The summed E-state index contributed by atoms with van der Waals surface area (Å²) in [6.07, 6.45) is -5.58. The van der Waals surface area contributed by atoms with Gasteiger partial charge in [-0.3, -0.25) is 4.79 Å². The van der Waals surface area contributed by atoms with Crippen molar-refractivity contribution in [3.8, 4) is 0 Å². The van der Waals surface area contributed by atoms with Crippen molar-refractivity contribution in [2.24, 2.45) is 0 Å². The van der Waals surface area contributed by atoms with Crippen LogP contribution in [0.25, 0.3) is 0 Å². The smallest absolute Gasteiger partial charge is 0.280 e. The van der Waals surface area contributed by atoms with Crippen molar-refractivity contribution in [2.45, 2.75) is 68.0 Å². The van der Waals surface area contributed by atoms with Gasteiger partial charge in [0.2, 0.25) is 6.29 Å². The molecule has 0 aromatic rings. The monoisotopic (exact) mass is 422 g/mol. The maximum absolute atomic E-state index is 12.2. The summed E-state index contributed by atoms with van der Waals surface area (Å²) >= 11 is 0. The number of likely N-dealkylation sites (N-methyl/N-ethyl adjacent to an activating group) is 2. The molecule has 28 heavy (non-hydrogen) atoms. The van der Waals surface area contributed by atoms with E-state index >= 15 is 0 Å². The fourth-order valence-corrected chi connectivity index (χ4v) is 3.68. The summed E-state index contributed by atoms with van der Waals surface area (Å²) in [5, 5.41) is 37.2. The van der Waals surface area contributed by atoms with Gasteiger partial charge in [0, 0.05) is 6.42 Å². The van der Waals surface area contributed by atoms with Gasteiger partial charge in [-0.1, -0.05) is 0 Å². The third kappa shape index (κ3) is 4.65. The van der Waals surface area contributed by atoms with E-state index in [4.69, 9.17) is 14.2 Å². The molecule has 2 heterocycles. The summed E-state index contributed by atoms with van der Waals surface area (Å²) in [6, 6.07) is -1.29. The van der Waals surface area contributed by atoms with Crippen LogP contribution in [-0.2, 0) is 19.0 Å². The Bertz CT molecular complexity index is 485. The van der Waals surface area contributed by atoms with Crippen LogP contribution in [0.2, 0.25) is 0 Å². The van der Waals surface area contributed by atoms with Gasteiger partial charge in [-0.15, -0.1) is 0 Å². The van der Waals surface area contributed by atoms with Crippen molar-refractivity contribution < 1.29 is 61.7 Å². The third-order valence-electron chi connectivity index (χ3n) is 4.93. The molecular formula is C14H34N2O12. The van der Waals surface area contributed by atoms with Gasteiger partial charge in [-0.05, 0) is 21.0 Å². The first-order valence-corrected chi connectivity index (χ1v) is 7.78. The van der Waals surface area contributed by atoms with Crippen molar-refractivity contribution in [3.05, 3.63) is 0 Å². The van der Waals surface area contributed by atoms with Gasteiger partial charge < -0.3 is 67.5 Å². The molecule has 15 N–H and O–H groups in total. The predicted octanol–water partition coefficient (Wildman–Crippen LogP) is -7.05. The van der Waals surface area contributed by atoms with Crippen LogP contribution in [0.1, 0.15) is 13.3 Å². The lowest BCUT2D eigenvalue weighted by molar-refractivity contribution is -0.420. The van der Waals surface area contributed by atoms with E-state index in [9.17, 15) is 20.1 Å². The second-order valence-corrected chi connectivity index (χ2v) is 6.40. The summed E-state index contributed by atoms with van der Waals surface area (Å²) in [7, 11) is 3.24. The van der Waals surface area contributed by atoms with E-state index in [1.54, 1.807) is 21.0 Å².